The van der Waals surface area contributed by atoms with Gasteiger partial charge in [0, 0.05) is 26.1 Å². The van der Waals surface area contributed by atoms with Crippen LogP contribution < -0.4 is 5.32 Å². The van der Waals surface area contributed by atoms with Crippen LogP contribution in [0, 0.1) is 5.92 Å². The Bertz CT molecular complexity index is 215. The molecule has 1 N–H and O–H groups in total. The van der Waals surface area contributed by atoms with Gasteiger partial charge in [0.05, 0.1) is 13.2 Å². The lowest BCUT2D eigenvalue weighted by Gasteiger charge is -2.27. The number of ether oxygens (including phenoxy) is 1. The molecule has 1 aliphatic rings. The van der Waals surface area contributed by atoms with E-state index in [4.69, 9.17) is 4.74 Å². The number of carbonyl (C=O) groups is 1. The maximum absolute atomic E-state index is 11.8. The molecule has 1 saturated heterocycles. The van der Waals surface area contributed by atoms with Crippen LogP contribution in [0.25, 0.3) is 0 Å². The summed E-state index contributed by atoms with van der Waals surface area (Å²) in [5.74, 6) is 0.961. The molecule has 1 aliphatic heterocycles. The third-order valence-corrected chi connectivity index (χ3v) is 3.15. The highest BCUT2D eigenvalue weighted by atomic mass is 16.5. The fraction of sp³-hybridized carbons (Fsp3) is 0.923. The third-order valence-electron chi connectivity index (χ3n) is 3.15. The molecule has 1 unspecified atom stereocenters. The second-order valence-corrected chi connectivity index (χ2v) is 4.84. The zero-order valence-corrected chi connectivity index (χ0v) is 11.2. The molecule has 0 spiro atoms. The van der Waals surface area contributed by atoms with Crippen LogP contribution in [-0.4, -0.2) is 50.2 Å². The zero-order chi connectivity index (χ0) is 12.5. The van der Waals surface area contributed by atoms with Crippen molar-refractivity contribution in [3.05, 3.63) is 0 Å². The summed E-state index contributed by atoms with van der Waals surface area (Å²) >= 11 is 0. The highest BCUT2D eigenvalue weighted by molar-refractivity contribution is 5.76. The van der Waals surface area contributed by atoms with E-state index in [1.807, 2.05) is 4.90 Å². The molecule has 0 aromatic carbocycles. The Morgan fingerprint density at radius 1 is 1.41 bits per heavy atom. The van der Waals surface area contributed by atoms with Gasteiger partial charge in [-0.25, -0.2) is 0 Å². The molecule has 4 heteroatoms. The fourth-order valence-electron chi connectivity index (χ4n) is 2.11. The van der Waals surface area contributed by atoms with Gasteiger partial charge < -0.3 is 15.0 Å². The molecule has 0 radical (unpaired) electrons. The van der Waals surface area contributed by atoms with Crippen LogP contribution in [0.3, 0.4) is 0 Å². The summed E-state index contributed by atoms with van der Waals surface area (Å²) in [5, 5.41) is 3.36. The minimum absolute atomic E-state index is 0.254. The number of morpholine rings is 1. The van der Waals surface area contributed by atoms with Crippen molar-refractivity contribution in [1.29, 1.82) is 0 Å². The first-order valence-electron chi connectivity index (χ1n) is 6.80. The number of amides is 1. The second-order valence-electron chi connectivity index (χ2n) is 4.84. The average molecular weight is 242 g/mol. The Hall–Kier alpha value is -0.610. The van der Waals surface area contributed by atoms with Gasteiger partial charge >= 0.3 is 0 Å². The highest BCUT2D eigenvalue weighted by Gasteiger charge is 2.15. The van der Waals surface area contributed by atoms with Crippen molar-refractivity contribution in [3.8, 4) is 0 Å². The van der Waals surface area contributed by atoms with Crippen molar-refractivity contribution in [2.45, 2.75) is 33.1 Å². The summed E-state index contributed by atoms with van der Waals surface area (Å²) in [5.41, 5.74) is 0. The van der Waals surface area contributed by atoms with Crippen molar-refractivity contribution >= 4 is 5.91 Å². The van der Waals surface area contributed by atoms with Gasteiger partial charge in [0.15, 0.2) is 0 Å². The highest BCUT2D eigenvalue weighted by Crippen LogP contribution is 2.03. The lowest BCUT2D eigenvalue weighted by Crippen LogP contribution is -2.41. The second kappa shape index (κ2) is 8.48. The monoisotopic (exact) mass is 242 g/mol. The first-order chi connectivity index (χ1) is 8.24. The van der Waals surface area contributed by atoms with Crippen LogP contribution in [0.5, 0.6) is 0 Å². The summed E-state index contributed by atoms with van der Waals surface area (Å²) in [6.07, 6.45) is 3.10. The largest absolute Gasteiger partial charge is 0.378 e. The third kappa shape index (κ3) is 6.03. The topological polar surface area (TPSA) is 41.6 Å². The zero-order valence-electron chi connectivity index (χ0n) is 11.2. The van der Waals surface area contributed by atoms with E-state index in [2.05, 4.69) is 19.2 Å². The van der Waals surface area contributed by atoms with Gasteiger partial charge in [-0.1, -0.05) is 20.3 Å². The minimum atomic E-state index is 0.254. The SMILES string of the molecule is CCCC(C)CNCCC(=O)N1CCOCC1. The van der Waals surface area contributed by atoms with Crippen LogP contribution in [0.15, 0.2) is 0 Å². The average Bonchev–Trinajstić information content (AvgIpc) is 2.36. The van der Waals surface area contributed by atoms with Crippen LogP contribution in [0.4, 0.5) is 0 Å². The molecule has 100 valence electrons. The molecule has 0 aromatic heterocycles. The Labute approximate surface area is 105 Å². The van der Waals surface area contributed by atoms with E-state index in [-0.39, 0.29) is 5.91 Å². The van der Waals surface area contributed by atoms with Crippen LogP contribution in [-0.2, 0) is 9.53 Å². The molecule has 0 bridgehead atoms. The standard InChI is InChI=1S/C13H26N2O2/c1-3-4-12(2)11-14-6-5-13(16)15-7-9-17-10-8-15/h12,14H,3-11H2,1-2H3. The number of rotatable bonds is 7. The van der Waals surface area contributed by atoms with Crippen LogP contribution in [0.2, 0.25) is 0 Å². The Kier molecular flexibility index (Phi) is 7.21. The van der Waals surface area contributed by atoms with E-state index in [0.29, 0.717) is 25.6 Å². The predicted molar refractivity (Wildman–Crippen MR) is 69.0 cm³/mol. The predicted octanol–water partition coefficient (Wildman–Crippen LogP) is 1.26. The molecule has 4 nitrogen and oxygen atoms in total. The number of nitrogens with one attached hydrogen (secondary N) is 1. The van der Waals surface area contributed by atoms with E-state index in [0.717, 1.165) is 26.2 Å². The molecule has 0 saturated carbocycles. The van der Waals surface area contributed by atoms with E-state index >= 15 is 0 Å². The molecule has 1 atom stereocenters. The lowest BCUT2D eigenvalue weighted by molar-refractivity contribution is -0.135. The summed E-state index contributed by atoms with van der Waals surface area (Å²) in [6.45, 7) is 9.16. The number of nitrogens with zero attached hydrogens (tertiary/aromatic N) is 1. The molecule has 17 heavy (non-hydrogen) atoms. The van der Waals surface area contributed by atoms with Crippen molar-refractivity contribution in [2.24, 2.45) is 5.92 Å². The number of hydrogen-bond donors (Lipinski definition) is 1. The first kappa shape index (κ1) is 14.5. The van der Waals surface area contributed by atoms with Gasteiger partial charge in [0.25, 0.3) is 0 Å². The molecule has 1 amide bonds. The Morgan fingerprint density at radius 3 is 2.76 bits per heavy atom. The minimum Gasteiger partial charge on any atom is -0.378 e. The van der Waals surface area contributed by atoms with Gasteiger partial charge in [-0.2, -0.15) is 0 Å². The normalized spacial score (nSPS) is 18.1. The molecule has 1 rings (SSSR count). The molecular weight excluding hydrogens is 216 g/mol. The molecule has 1 heterocycles. The van der Waals surface area contributed by atoms with E-state index in [1.165, 1.54) is 12.8 Å². The van der Waals surface area contributed by atoms with Gasteiger partial charge in [-0.05, 0) is 18.9 Å². The molecular formula is C13H26N2O2. The van der Waals surface area contributed by atoms with E-state index in [9.17, 15) is 4.79 Å². The van der Waals surface area contributed by atoms with Crippen molar-refractivity contribution in [1.82, 2.24) is 10.2 Å². The quantitative estimate of drug-likeness (QED) is 0.683. The lowest BCUT2D eigenvalue weighted by atomic mass is 10.1. The van der Waals surface area contributed by atoms with Gasteiger partial charge in [-0.3, -0.25) is 4.79 Å². The van der Waals surface area contributed by atoms with Gasteiger partial charge in [0.2, 0.25) is 5.91 Å². The molecule has 0 aromatic rings. The Morgan fingerprint density at radius 2 is 2.12 bits per heavy atom. The van der Waals surface area contributed by atoms with Crippen molar-refractivity contribution in [2.75, 3.05) is 39.4 Å². The summed E-state index contributed by atoms with van der Waals surface area (Å²) in [7, 11) is 0. The van der Waals surface area contributed by atoms with E-state index in [1.54, 1.807) is 0 Å². The summed E-state index contributed by atoms with van der Waals surface area (Å²) in [6, 6.07) is 0. The van der Waals surface area contributed by atoms with Crippen LogP contribution in [0.1, 0.15) is 33.1 Å². The summed E-state index contributed by atoms with van der Waals surface area (Å²) < 4.78 is 5.22. The maximum Gasteiger partial charge on any atom is 0.224 e. The Balaban J connectivity index is 2.03. The van der Waals surface area contributed by atoms with E-state index < -0.39 is 0 Å². The van der Waals surface area contributed by atoms with Crippen molar-refractivity contribution in [3.63, 3.8) is 0 Å². The smallest absolute Gasteiger partial charge is 0.224 e. The summed E-state index contributed by atoms with van der Waals surface area (Å²) in [4.78, 5) is 13.7. The molecule has 1 fully saturated rings. The van der Waals surface area contributed by atoms with Crippen molar-refractivity contribution < 1.29 is 9.53 Å². The van der Waals surface area contributed by atoms with Gasteiger partial charge in [0.1, 0.15) is 0 Å². The molecule has 0 aliphatic carbocycles. The fourth-order valence-corrected chi connectivity index (χ4v) is 2.11. The maximum atomic E-state index is 11.8. The number of hydrogen-bond acceptors (Lipinski definition) is 3. The number of carbonyl (C=O) groups excluding carboxylic acids is 1. The van der Waals surface area contributed by atoms with Gasteiger partial charge in [-0.15, -0.1) is 0 Å². The first-order valence-corrected chi connectivity index (χ1v) is 6.80. The van der Waals surface area contributed by atoms with Crippen LogP contribution >= 0.6 is 0 Å².